The number of nitrogens with zero attached hydrogens (tertiary/aromatic N) is 1. The zero-order valence-corrected chi connectivity index (χ0v) is 8.79. The first-order valence-electron chi connectivity index (χ1n) is 4.23. The van der Waals surface area contributed by atoms with E-state index in [2.05, 4.69) is 4.72 Å². The van der Waals surface area contributed by atoms with Gasteiger partial charge in [-0.25, -0.2) is 13.1 Å². The van der Waals surface area contributed by atoms with Gasteiger partial charge in [0, 0.05) is 18.9 Å². The van der Waals surface area contributed by atoms with Crippen molar-refractivity contribution in [1.82, 2.24) is 9.29 Å². The van der Waals surface area contributed by atoms with Crippen LogP contribution in [0.25, 0.3) is 0 Å². The first-order valence-corrected chi connectivity index (χ1v) is 5.89. The van der Waals surface area contributed by atoms with Crippen LogP contribution >= 0.6 is 0 Å². The number of nitrogens with one attached hydrogen (secondary N) is 1. The monoisotopic (exact) mass is 218 g/mol. The summed E-state index contributed by atoms with van der Waals surface area (Å²) in [5, 5.41) is 8.49. The highest BCUT2D eigenvalue weighted by Crippen LogP contribution is 1.99. The van der Waals surface area contributed by atoms with Gasteiger partial charge in [-0.1, -0.05) is 0 Å². The smallest absolute Gasteiger partial charge is 0.214 e. The Hall–Kier alpha value is -0.850. The van der Waals surface area contributed by atoms with E-state index in [1.54, 1.807) is 0 Å². The topological polar surface area (TPSA) is 71.3 Å². The third-order valence-corrected chi connectivity index (χ3v) is 3.19. The maximum Gasteiger partial charge on any atom is 0.214 e. The minimum Gasteiger partial charge on any atom is -0.395 e. The maximum absolute atomic E-state index is 11.2. The average Bonchev–Trinajstić information content (AvgIpc) is 2.48. The Kier molecular flexibility index (Phi) is 3.68. The number of aryl methyl sites for hydroxylation is 1. The summed E-state index contributed by atoms with van der Waals surface area (Å²) in [6, 6.07) is 3.68. The van der Waals surface area contributed by atoms with Crippen molar-refractivity contribution in [2.75, 3.05) is 12.4 Å². The van der Waals surface area contributed by atoms with Crippen LogP contribution in [0.2, 0.25) is 0 Å². The molecule has 2 N–H and O–H groups in total. The normalized spacial score (nSPS) is 11.9. The third-order valence-electron chi connectivity index (χ3n) is 1.88. The highest BCUT2D eigenvalue weighted by molar-refractivity contribution is 7.89. The van der Waals surface area contributed by atoms with Gasteiger partial charge in [0.25, 0.3) is 0 Å². The number of rotatable bonds is 5. The molecule has 1 aromatic heterocycles. The Morgan fingerprint density at radius 2 is 2.29 bits per heavy atom. The van der Waals surface area contributed by atoms with Crippen LogP contribution < -0.4 is 4.72 Å². The van der Waals surface area contributed by atoms with Gasteiger partial charge in [0.15, 0.2) is 0 Å². The van der Waals surface area contributed by atoms with Crippen LogP contribution in [0.4, 0.5) is 0 Å². The molecule has 80 valence electrons. The van der Waals surface area contributed by atoms with Crippen LogP contribution in [-0.4, -0.2) is 30.5 Å². The van der Waals surface area contributed by atoms with Crippen molar-refractivity contribution in [2.24, 2.45) is 7.05 Å². The molecule has 0 amide bonds. The summed E-state index contributed by atoms with van der Waals surface area (Å²) >= 11 is 0. The van der Waals surface area contributed by atoms with Crippen LogP contribution in [0.15, 0.2) is 18.3 Å². The summed E-state index contributed by atoms with van der Waals surface area (Å²) in [4.78, 5) is 0. The standard InChI is InChI=1S/C8H14N2O3S/c1-10-4-2-3-8(10)7-9-14(12,13)6-5-11/h2-4,9,11H,5-7H2,1H3. The van der Waals surface area contributed by atoms with E-state index in [4.69, 9.17) is 5.11 Å². The molecule has 0 fully saturated rings. The Balaban J connectivity index is 2.53. The van der Waals surface area contributed by atoms with Crippen molar-refractivity contribution in [3.8, 4) is 0 Å². The van der Waals surface area contributed by atoms with Crippen LogP contribution in [0.3, 0.4) is 0 Å². The molecule has 0 saturated heterocycles. The van der Waals surface area contributed by atoms with Crippen LogP contribution in [0.1, 0.15) is 5.69 Å². The van der Waals surface area contributed by atoms with E-state index in [9.17, 15) is 8.42 Å². The molecule has 1 aromatic rings. The molecule has 1 rings (SSSR count). The van der Waals surface area contributed by atoms with Gasteiger partial charge >= 0.3 is 0 Å². The second kappa shape index (κ2) is 4.59. The highest BCUT2D eigenvalue weighted by atomic mass is 32.2. The summed E-state index contributed by atoms with van der Waals surface area (Å²) in [6.07, 6.45) is 1.84. The van der Waals surface area contributed by atoms with E-state index in [0.717, 1.165) is 5.69 Å². The van der Waals surface area contributed by atoms with Gasteiger partial charge in [-0.05, 0) is 12.1 Å². The lowest BCUT2D eigenvalue weighted by Gasteiger charge is -2.05. The molecule has 0 aliphatic carbocycles. The molecule has 0 aliphatic heterocycles. The lowest BCUT2D eigenvalue weighted by molar-refractivity contribution is 0.319. The largest absolute Gasteiger partial charge is 0.395 e. The fraction of sp³-hybridized carbons (Fsp3) is 0.500. The number of hydrogen-bond donors (Lipinski definition) is 2. The lowest BCUT2D eigenvalue weighted by Crippen LogP contribution is -2.28. The zero-order valence-electron chi connectivity index (χ0n) is 7.97. The van der Waals surface area contributed by atoms with E-state index in [0.29, 0.717) is 0 Å². The fourth-order valence-electron chi connectivity index (χ4n) is 1.06. The number of aliphatic hydroxyl groups excluding tert-OH is 1. The molecular weight excluding hydrogens is 204 g/mol. The molecule has 0 saturated carbocycles. The summed E-state index contributed by atoms with van der Waals surface area (Å²) < 4.78 is 26.5. The van der Waals surface area contributed by atoms with E-state index < -0.39 is 10.0 Å². The molecule has 0 aliphatic rings. The number of hydrogen-bond acceptors (Lipinski definition) is 3. The van der Waals surface area contributed by atoms with Gasteiger partial charge < -0.3 is 9.67 Å². The molecule has 6 heteroatoms. The second-order valence-electron chi connectivity index (χ2n) is 2.97. The van der Waals surface area contributed by atoms with Crippen LogP contribution in [0, 0.1) is 0 Å². The van der Waals surface area contributed by atoms with Gasteiger partial charge in [-0.2, -0.15) is 0 Å². The predicted molar refractivity (Wildman–Crippen MR) is 53.1 cm³/mol. The molecule has 0 radical (unpaired) electrons. The number of aliphatic hydroxyl groups is 1. The fourth-order valence-corrected chi connectivity index (χ4v) is 1.81. The first-order chi connectivity index (χ1) is 6.55. The summed E-state index contributed by atoms with van der Waals surface area (Å²) in [5.74, 6) is -0.253. The summed E-state index contributed by atoms with van der Waals surface area (Å²) in [7, 11) is -1.49. The van der Waals surface area contributed by atoms with E-state index in [1.165, 1.54) is 0 Å². The highest BCUT2D eigenvalue weighted by Gasteiger charge is 2.09. The van der Waals surface area contributed by atoms with Crippen molar-refractivity contribution in [2.45, 2.75) is 6.54 Å². The van der Waals surface area contributed by atoms with Crippen molar-refractivity contribution in [1.29, 1.82) is 0 Å². The predicted octanol–water partition coefficient (Wildman–Crippen LogP) is -0.563. The Labute approximate surface area is 83.4 Å². The number of sulfonamides is 1. The van der Waals surface area contributed by atoms with Gasteiger partial charge in [0.05, 0.1) is 18.9 Å². The first kappa shape index (κ1) is 11.2. The van der Waals surface area contributed by atoms with Crippen molar-refractivity contribution < 1.29 is 13.5 Å². The minimum absolute atomic E-state index is 0.253. The van der Waals surface area contributed by atoms with Gasteiger partial charge in [-0.3, -0.25) is 0 Å². The quantitative estimate of drug-likeness (QED) is 0.695. The average molecular weight is 218 g/mol. The SMILES string of the molecule is Cn1cccc1CNS(=O)(=O)CCO. The Bertz CT molecular complexity index is 383. The molecule has 14 heavy (non-hydrogen) atoms. The van der Waals surface area contributed by atoms with E-state index in [1.807, 2.05) is 29.9 Å². The zero-order chi connectivity index (χ0) is 10.6. The van der Waals surface area contributed by atoms with Crippen LogP contribution in [0.5, 0.6) is 0 Å². The van der Waals surface area contributed by atoms with Crippen LogP contribution in [-0.2, 0) is 23.6 Å². The molecule has 0 atom stereocenters. The molecule has 0 bridgehead atoms. The summed E-state index contributed by atoms with van der Waals surface area (Å²) in [6.45, 7) is -0.103. The summed E-state index contributed by atoms with van der Waals surface area (Å²) in [5.41, 5.74) is 0.881. The Morgan fingerprint density at radius 3 is 2.79 bits per heavy atom. The third kappa shape index (κ3) is 3.13. The molecular formula is C8H14N2O3S. The maximum atomic E-state index is 11.2. The van der Waals surface area contributed by atoms with Gasteiger partial charge in [-0.15, -0.1) is 0 Å². The second-order valence-corrected chi connectivity index (χ2v) is 4.90. The molecule has 0 aromatic carbocycles. The lowest BCUT2D eigenvalue weighted by atomic mass is 10.4. The van der Waals surface area contributed by atoms with Crippen molar-refractivity contribution in [3.05, 3.63) is 24.0 Å². The van der Waals surface area contributed by atoms with Crippen molar-refractivity contribution >= 4 is 10.0 Å². The van der Waals surface area contributed by atoms with Gasteiger partial charge in [0.2, 0.25) is 10.0 Å². The van der Waals surface area contributed by atoms with E-state index >= 15 is 0 Å². The van der Waals surface area contributed by atoms with E-state index in [-0.39, 0.29) is 18.9 Å². The number of aromatic nitrogens is 1. The van der Waals surface area contributed by atoms with Gasteiger partial charge in [0.1, 0.15) is 0 Å². The molecule has 1 heterocycles. The Morgan fingerprint density at radius 1 is 1.57 bits per heavy atom. The minimum atomic E-state index is -3.34. The molecule has 0 unspecified atom stereocenters. The molecule has 5 nitrogen and oxygen atoms in total. The van der Waals surface area contributed by atoms with Crippen molar-refractivity contribution in [3.63, 3.8) is 0 Å². The molecule has 0 spiro atoms.